The van der Waals surface area contributed by atoms with Gasteiger partial charge in [-0.05, 0) is 42.2 Å². The SMILES string of the molecule is CC(C)[C@H](N)C(=O)C(=O)[C@H](Cc1ccccc1)NS(=O)(=O)c1ccc(Cl)cc1. The number of carbonyl (C=O) groups excluding carboxylic acids is 2. The molecule has 0 unspecified atom stereocenters. The Morgan fingerprint density at radius 3 is 2.11 bits per heavy atom. The maximum Gasteiger partial charge on any atom is 0.241 e. The average Bonchev–Trinajstić information content (AvgIpc) is 2.66. The molecule has 6 nitrogen and oxygen atoms in total. The fourth-order valence-corrected chi connectivity index (χ4v) is 3.87. The van der Waals surface area contributed by atoms with Gasteiger partial charge in [-0.1, -0.05) is 55.8 Å². The molecule has 2 aromatic rings. The van der Waals surface area contributed by atoms with Crippen molar-refractivity contribution in [1.29, 1.82) is 0 Å². The number of nitrogens with two attached hydrogens (primary N) is 1. The molecule has 2 rings (SSSR count). The molecule has 0 radical (unpaired) electrons. The number of sulfonamides is 1. The topological polar surface area (TPSA) is 106 Å². The van der Waals surface area contributed by atoms with E-state index in [-0.39, 0.29) is 17.2 Å². The molecule has 0 bridgehead atoms. The molecule has 3 N–H and O–H groups in total. The number of rotatable bonds is 9. The largest absolute Gasteiger partial charge is 0.321 e. The van der Waals surface area contributed by atoms with Gasteiger partial charge in [-0.15, -0.1) is 0 Å². The van der Waals surface area contributed by atoms with Crippen molar-refractivity contribution in [3.05, 3.63) is 65.2 Å². The van der Waals surface area contributed by atoms with Crippen LogP contribution in [-0.2, 0) is 26.0 Å². The van der Waals surface area contributed by atoms with Crippen LogP contribution < -0.4 is 10.5 Å². The van der Waals surface area contributed by atoms with E-state index in [1.807, 2.05) is 0 Å². The van der Waals surface area contributed by atoms with E-state index in [9.17, 15) is 18.0 Å². The maximum absolute atomic E-state index is 12.8. The zero-order valence-corrected chi connectivity index (χ0v) is 17.2. The van der Waals surface area contributed by atoms with Crippen LogP contribution in [0.4, 0.5) is 0 Å². The van der Waals surface area contributed by atoms with E-state index in [4.69, 9.17) is 17.3 Å². The Morgan fingerprint density at radius 2 is 1.57 bits per heavy atom. The van der Waals surface area contributed by atoms with E-state index < -0.39 is 33.7 Å². The standard InChI is InChI=1S/C20H23ClN2O4S/c1-13(2)18(22)20(25)19(24)17(12-14-6-4-3-5-7-14)23-28(26,27)16-10-8-15(21)9-11-16/h3-11,13,17-18,23H,12,22H2,1-2H3/t17-,18-/m0/s1. The number of hydrogen-bond donors (Lipinski definition) is 2. The summed E-state index contributed by atoms with van der Waals surface area (Å²) < 4.78 is 27.8. The first-order valence-corrected chi connectivity index (χ1v) is 10.6. The summed E-state index contributed by atoms with van der Waals surface area (Å²) >= 11 is 5.80. The van der Waals surface area contributed by atoms with Crippen molar-refractivity contribution in [2.24, 2.45) is 11.7 Å². The van der Waals surface area contributed by atoms with E-state index >= 15 is 0 Å². The van der Waals surface area contributed by atoms with E-state index in [0.717, 1.165) is 0 Å². The minimum absolute atomic E-state index is 0.0308. The predicted molar refractivity (Wildman–Crippen MR) is 109 cm³/mol. The smallest absolute Gasteiger partial charge is 0.241 e. The Labute approximate surface area is 170 Å². The molecule has 0 fully saturated rings. The van der Waals surface area contributed by atoms with Gasteiger partial charge in [-0.2, -0.15) is 4.72 Å². The van der Waals surface area contributed by atoms with Gasteiger partial charge in [0.1, 0.15) is 0 Å². The summed E-state index contributed by atoms with van der Waals surface area (Å²) in [6, 6.07) is 12.1. The molecule has 0 spiro atoms. The van der Waals surface area contributed by atoms with Gasteiger partial charge in [0.25, 0.3) is 0 Å². The number of ketones is 2. The number of halogens is 1. The van der Waals surface area contributed by atoms with Crippen LogP contribution >= 0.6 is 11.6 Å². The van der Waals surface area contributed by atoms with Gasteiger partial charge in [-0.25, -0.2) is 8.42 Å². The Morgan fingerprint density at radius 1 is 1.00 bits per heavy atom. The highest BCUT2D eigenvalue weighted by Crippen LogP contribution is 2.16. The molecule has 0 amide bonds. The zero-order chi connectivity index (χ0) is 20.9. The molecule has 2 atom stereocenters. The Hall–Kier alpha value is -2.06. The highest BCUT2D eigenvalue weighted by molar-refractivity contribution is 7.89. The maximum atomic E-state index is 12.8. The molecular weight excluding hydrogens is 400 g/mol. The van der Waals surface area contributed by atoms with Crippen LogP contribution in [0.15, 0.2) is 59.5 Å². The third-order valence-corrected chi connectivity index (χ3v) is 6.02. The molecular formula is C20H23ClN2O4S. The van der Waals surface area contributed by atoms with Crippen LogP contribution in [0.2, 0.25) is 5.02 Å². The van der Waals surface area contributed by atoms with Gasteiger partial charge in [-0.3, -0.25) is 9.59 Å². The molecule has 0 saturated heterocycles. The van der Waals surface area contributed by atoms with Crippen molar-refractivity contribution in [2.45, 2.75) is 37.2 Å². The van der Waals surface area contributed by atoms with Gasteiger partial charge in [0, 0.05) is 5.02 Å². The highest BCUT2D eigenvalue weighted by atomic mass is 35.5. The van der Waals surface area contributed by atoms with E-state index in [1.165, 1.54) is 24.3 Å². The summed E-state index contributed by atoms with van der Waals surface area (Å²) in [5.41, 5.74) is 6.53. The first-order chi connectivity index (χ1) is 13.1. The van der Waals surface area contributed by atoms with Crippen LogP contribution in [0.3, 0.4) is 0 Å². The molecule has 0 aliphatic heterocycles. The summed E-state index contributed by atoms with van der Waals surface area (Å²) in [5, 5.41) is 0.383. The van der Waals surface area contributed by atoms with Gasteiger partial charge >= 0.3 is 0 Å². The number of hydrogen-bond acceptors (Lipinski definition) is 5. The normalized spacial score (nSPS) is 13.9. The summed E-state index contributed by atoms with van der Waals surface area (Å²) in [5.74, 6) is -1.90. The van der Waals surface area contributed by atoms with Gasteiger partial charge < -0.3 is 5.73 Å². The molecule has 150 valence electrons. The first kappa shape index (κ1) is 22.2. The molecule has 0 heterocycles. The molecule has 8 heteroatoms. The third-order valence-electron chi connectivity index (χ3n) is 4.28. The lowest BCUT2D eigenvalue weighted by Crippen LogP contribution is -2.50. The van der Waals surface area contributed by atoms with Crippen molar-refractivity contribution < 1.29 is 18.0 Å². The lowest BCUT2D eigenvalue weighted by atomic mass is 9.93. The van der Waals surface area contributed by atoms with Gasteiger partial charge in [0.2, 0.25) is 21.6 Å². The van der Waals surface area contributed by atoms with Crippen LogP contribution in [-0.4, -0.2) is 32.1 Å². The predicted octanol–water partition coefficient (Wildman–Crippen LogP) is 2.35. The fraction of sp³-hybridized carbons (Fsp3) is 0.300. The van der Waals surface area contributed by atoms with Crippen LogP contribution in [0.5, 0.6) is 0 Å². The monoisotopic (exact) mass is 422 g/mol. The van der Waals surface area contributed by atoms with Crippen molar-refractivity contribution >= 4 is 33.2 Å². The van der Waals surface area contributed by atoms with Gasteiger partial charge in [0.15, 0.2) is 0 Å². The fourth-order valence-electron chi connectivity index (χ4n) is 2.55. The lowest BCUT2D eigenvalue weighted by molar-refractivity contribution is -0.138. The van der Waals surface area contributed by atoms with Crippen molar-refractivity contribution in [3.8, 4) is 0 Å². The molecule has 0 saturated carbocycles. The second-order valence-electron chi connectivity index (χ2n) is 6.82. The van der Waals surface area contributed by atoms with Crippen LogP contribution in [0, 0.1) is 5.92 Å². The lowest BCUT2D eigenvalue weighted by Gasteiger charge is -2.20. The number of carbonyl (C=O) groups is 2. The summed E-state index contributed by atoms with van der Waals surface area (Å²) in [7, 11) is -4.04. The summed E-state index contributed by atoms with van der Waals surface area (Å²) in [4.78, 5) is 25.2. The zero-order valence-electron chi connectivity index (χ0n) is 15.6. The molecule has 0 aliphatic carbocycles. The third kappa shape index (κ3) is 5.72. The average molecular weight is 423 g/mol. The van der Waals surface area contributed by atoms with E-state index in [1.54, 1.807) is 44.2 Å². The first-order valence-electron chi connectivity index (χ1n) is 8.77. The summed E-state index contributed by atoms with van der Waals surface area (Å²) in [6.45, 7) is 3.44. The Kier molecular flexibility index (Phi) is 7.48. The molecule has 0 aliphatic rings. The van der Waals surface area contributed by atoms with Crippen LogP contribution in [0.1, 0.15) is 19.4 Å². The second kappa shape index (κ2) is 9.43. The van der Waals surface area contributed by atoms with Crippen molar-refractivity contribution in [2.75, 3.05) is 0 Å². The minimum Gasteiger partial charge on any atom is -0.321 e. The Balaban J connectivity index is 2.33. The van der Waals surface area contributed by atoms with Crippen LogP contribution in [0.25, 0.3) is 0 Å². The second-order valence-corrected chi connectivity index (χ2v) is 8.97. The summed E-state index contributed by atoms with van der Waals surface area (Å²) in [6.07, 6.45) is 0.0308. The number of benzene rings is 2. The van der Waals surface area contributed by atoms with Gasteiger partial charge in [0.05, 0.1) is 17.0 Å². The van der Waals surface area contributed by atoms with E-state index in [0.29, 0.717) is 10.6 Å². The molecule has 28 heavy (non-hydrogen) atoms. The van der Waals surface area contributed by atoms with Crippen molar-refractivity contribution in [3.63, 3.8) is 0 Å². The molecule has 2 aromatic carbocycles. The number of Topliss-reactive ketones (excluding diaryl/α,β-unsaturated/α-hetero) is 2. The van der Waals surface area contributed by atoms with E-state index in [2.05, 4.69) is 4.72 Å². The van der Waals surface area contributed by atoms with Crippen molar-refractivity contribution in [1.82, 2.24) is 4.72 Å². The quantitative estimate of drug-likeness (QED) is 0.603. The molecule has 0 aromatic heterocycles. The minimum atomic E-state index is -4.04. The Bertz CT molecular complexity index is 928. The number of nitrogens with one attached hydrogen (secondary N) is 1. The highest BCUT2D eigenvalue weighted by Gasteiger charge is 2.33.